The Kier molecular flexibility index (Phi) is 4.13. The van der Waals surface area contributed by atoms with E-state index in [1.807, 2.05) is 0 Å². The molecule has 0 heterocycles. The number of hydrogen-bond donors (Lipinski definition) is 1. The summed E-state index contributed by atoms with van der Waals surface area (Å²) in [5.74, 6) is -0.287. The highest BCUT2D eigenvalue weighted by Gasteiger charge is 2.14. The topological polar surface area (TPSA) is 29.1 Å². The van der Waals surface area contributed by atoms with Crippen molar-refractivity contribution < 1.29 is 9.18 Å². The predicted molar refractivity (Wildman–Crippen MR) is 70.0 cm³/mol. The van der Waals surface area contributed by atoms with Crippen LogP contribution in [0.3, 0.4) is 0 Å². The number of nitrogens with one attached hydrogen (secondary N) is 1. The van der Waals surface area contributed by atoms with Crippen molar-refractivity contribution in [3.05, 3.63) is 47.3 Å². The highest BCUT2D eigenvalue weighted by atomic mass is 19.1. The lowest BCUT2D eigenvalue weighted by Gasteiger charge is -2.18. The highest BCUT2D eigenvalue weighted by Crippen LogP contribution is 2.17. The molecule has 1 aromatic rings. The van der Waals surface area contributed by atoms with Gasteiger partial charge in [0.05, 0.1) is 5.56 Å². The second-order valence-electron chi connectivity index (χ2n) is 4.84. The van der Waals surface area contributed by atoms with Crippen LogP contribution >= 0.6 is 0 Å². The Hall–Kier alpha value is -1.64. The number of benzene rings is 1. The lowest BCUT2D eigenvalue weighted by molar-refractivity contribution is 0.0942. The number of halogens is 1. The molecule has 0 aliphatic heterocycles. The second-order valence-corrected chi connectivity index (χ2v) is 4.84. The van der Waals surface area contributed by atoms with Crippen LogP contribution in [0.1, 0.15) is 35.2 Å². The van der Waals surface area contributed by atoms with Crippen LogP contribution in [0.15, 0.2) is 30.4 Å². The zero-order valence-corrected chi connectivity index (χ0v) is 10.6. The normalized spacial score (nSPS) is 18.7. The molecule has 1 aromatic carbocycles. The van der Waals surface area contributed by atoms with Gasteiger partial charge >= 0.3 is 0 Å². The molecule has 0 saturated heterocycles. The van der Waals surface area contributed by atoms with Gasteiger partial charge in [-0.15, -0.1) is 0 Å². The van der Waals surface area contributed by atoms with E-state index in [1.54, 1.807) is 19.1 Å². The van der Waals surface area contributed by atoms with Crippen LogP contribution in [0.25, 0.3) is 0 Å². The SMILES string of the molecule is Cc1ccc(C(=O)NCC2CC=CCC2)c(F)c1. The Labute approximate surface area is 107 Å². The summed E-state index contributed by atoms with van der Waals surface area (Å²) in [6, 6.07) is 4.68. The third-order valence-electron chi connectivity index (χ3n) is 3.30. The summed E-state index contributed by atoms with van der Waals surface area (Å²) < 4.78 is 13.6. The maximum atomic E-state index is 13.6. The molecule has 1 aliphatic carbocycles. The molecule has 1 atom stereocenters. The molecule has 3 heteroatoms. The van der Waals surface area contributed by atoms with Crippen LogP contribution in [-0.2, 0) is 0 Å². The molecule has 0 radical (unpaired) electrons. The minimum Gasteiger partial charge on any atom is -0.352 e. The van der Waals surface area contributed by atoms with Crippen molar-refractivity contribution >= 4 is 5.91 Å². The van der Waals surface area contributed by atoms with Crippen LogP contribution in [0.4, 0.5) is 4.39 Å². The maximum Gasteiger partial charge on any atom is 0.254 e. The fourth-order valence-corrected chi connectivity index (χ4v) is 2.18. The molecule has 0 spiro atoms. The van der Waals surface area contributed by atoms with Gasteiger partial charge in [0.1, 0.15) is 5.82 Å². The Balaban J connectivity index is 1.93. The van der Waals surface area contributed by atoms with Gasteiger partial charge in [0.25, 0.3) is 5.91 Å². The summed E-state index contributed by atoms with van der Waals surface area (Å²) in [4.78, 5) is 11.9. The largest absolute Gasteiger partial charge is 0.352 e. The molecule has 0 aromatic heterocycles. The lowest BCUT2D eigenvalue weighted by atomic mass is 9.94. The highest BCUT2D eigenvalue weighted by molar-refractivity contribution is 5.94. The van der Waals surface area contributed by atoms with Crippen molar-refractivity contribution in [3.8, 4) is 0 Å². The summed E-state index contributed by atoms with van der Waals surface area (Å²) in [7, 11) is 0. The average molecular weight is 247 g/mol. The van der Waals surface area contributed by atoms with E-state index in [4.69, 9.17) is 0 Å². The number of rotatable bonds is 3. The monoisotopic (exact) mass is 247 g/mol. The third-order valence-corrected chi connectivity index (χ3v) is 3.30. The summed E-state index contributed by atoms with van der Waals surface area (Å²) in [6.07, 6.45) is 7.47. The van der Waals surface area contributed by atoms with E-state index < -0.39 is 5.82 Å². The van der Waals surface area contributed by atoms with Gasteiger partial charge in [-0.1, -0.05) is 18.2 Å². The van der Waals surface area contributed by atoms with Crippen molar-refractivity contribution in [1.82, 2.24) is 5.32 Å². The van der Waals surface area contributed by atoms with Crippen LogP contribution in [0.5, 0.6) is 0 Å². The van der Waals surface area contributed by atoms with Crippen molar-refractivity contribution in [3.63, 3.8) is 0 Å². The molecular weight excluding hydrogens is 229 g/mol. The Bertz CT molecular complexity index is 468. The Morgan fingerprint density at radius 1 is 1.44 bits per heavy atom. The van der Waals surface area contributed by atoms with Crippen molar-refractivity contribution in [2.75, 3.05) is 6.54 Å². The number of carbonyl (C=O) groups is 1. The first-order valence-corrected chi connectivity index (χ1v) is 6.36. The summed E-state index contributed by atoms with van der Waals surface area (Å²) >= 11 is 0. The number of carbonyl (C=O) groups excluding carboxylic acids is 1. The molecular formula is C15H18FNO. The lowest BCUT2D eigenvalue weighted by Crippen LogP contribution is -2.30. The molecule has 0 bridgehead atoms. The molecule has 2 nitrogen and oxygen atoms in total. The van der Waals surface area contributed by atoms with Crippen molar-refractivity contribution in [2.24, 2.45) is 5.92 Å². The standard InChI is InChI=1S/C15H18FNO/c1-11-7-8-13(14(16)9-11)15(18)17-10-12-5-3-2-4-6-12/h2-3,7-9,12H,4-6,10H2,1H3,(H,17,18). The van der Waals surface area contributed by atoms with Gasteiger partial charge in [0, 0.05) is 6.54 Å². The molecule has 0 saturated carbocycles. The number of hydrogen-bond acceptors (Lipinski definition) is 1. The van der Waals surface area contributed by atoms with Gasteiger partial charge in [0.2, 0.25) is 0 Å². The van der Waals surface area contributed by atoms with Crippen LogP contribution in [-0.4, -0.2) is 12.5 Å². The minimum atomic E-state index is -0.448. The summed E-state index contributed by atoms with van der Waals surface area (Å²) in [6.45, 7) is 2.43. The zero-order chi connectivity index (χ0) is 13.0. The van der Waals surface area contributed by atoms with E-state index >= 15 is 0 Å². The zero-order valence-electron chi connectivity index (χ0n) is 10.6. The average Bonchev–Trinajstić information content (AvgIpc) is 2.37. The van der Waals surface area contributed by atoms with Crippen molar-refractivity contribution in [1.29, 1.82) is 0 Å². The van der Waals surface area contributed by atoms with Gasteiger partial charge in [-0.05, 0) is 49.8 Å². The van der Waals surface area contributed by atoms with E-state index in [9.17, 15) is 9.18 Å². The summed E-state index contributed by atoms with van der Waals surface area (Å²) in [5.41, 5.74) is 0.952. The maximum absolute atomic E-state index is 13.6. The first kappa shape index (κ1) is 12.8. The van der Waals surface area contributed by atoms with Crippen LogP contribution < -0.4 is 5.32 Å². The first-order valence-electron chi connectivity index (χ1n) is 6.36. The molecule has 0 fully saturated rings. The first-order chi connectivity index (χ1) is 8.66. The van der Waals surface area contributed by atoms with E-state index in [-0.39, 0.29) is 11.5 Å². The quantitative estimate of drug-likeness (QED) is 0.816. The molecule has 2 rings (SSSR count). The van der Waals surface area contributed by atoms with E-state index in [0.29, 0.717) is 12.5 Å². The van der Waals surface area contributed by atoms with E-state index in [0.717, 1.165) is 24.8 Å². The van der Waals surface area contributed by atoms with Gasteiger partial charge in [-0.2, -0.15) is 0 Å². The van der Waals surface area contributed by atoms with E-state index in [2.05, 4.69) is 17.5 Å². The fourth-order valence-electron chi connectivity index (χ4n) is 2.18. The molecule has 1 aliphatic rings. The molecule has 1 N–H and O–H groups in total. The molecule has 1 amide bonds. The van der Waals surface area contributed by atoms with Crippen LogP contribution in [0, 0.1) is 18.7 Å². The van der Waals surface area contributed by atoms with Crippen LogP contribution in [0.2, 0.25) is 0 Å². The predicted octanol–water partition coefficient (Wildman–Crippen LogP) is 3.22. The molecule has 18 heavy (non-hydrogen) atoms. The van der Waals surface area contributed by atoms with Gasteiger partial charge in [-0.3, -0.25) is 4.79 Å². The summed E-state index contributed by atoms with van der Waals surface area (Å²) in [5, 5.41) is 2.82. The van der Waals surface area contributed by atoms with Gasteiger partial charge < -0.3 is 5.32 Å². The Morgan fingerprint density at radius 3 is 2.94 bits per heavy atom. The second kappa shape index (κ2) is 5.80. The number of aryl methyl sites for hydroxylation is 1. The smallest absolute Gasteiger partial charge is 0.254 e. The molecule has 1 unspecified atom stereocenters. The number of amides is 1. The van der Waals surface area contributed by atoms with Crippen molar-refractivity contribution in [2.45, 2.75) is 26.2 Å². The van der Waals surface area contributed by atoms with Gasteiger partial charge in [-0.25, -0.2) is 4.39 Å². The Morgan fingerprint density at radius 2 is 2.28 bits per heavy atom. The van der Waals surface area contributed by atoms with E-state index in [1.165, 1.54) is 6.07 Å². The fraction of sp³-hybridized carbons (Fsp3) is 0.400. The number of allylic oxidation sites excluding steroid dienone is 2. The minimum absolute atomic E-state index is 0.131. The molecule has 96 valence electrons. The third kappa shape index (κ3) is 3.19. The van der Waals surface area contributed by atoms with Gasteiger partial charge in [0.15, 0.2) is 0 Å².